The van der Waals surface area contributed by atoms with Crippen LogP contribution in [0.4, 0.5) is 0 Å². The lowest BCUT2D eigenvalue weighted by molar-refractivity contribution is 1.12. The fourth-order valence-corrected chi connectivity index (χ4v) is 0.182. The first-order chi connectivity index (χ1) is 3.91. The molecule has 2 N–H and O–H groups in total. The summed E-state index contributed by atoms with van der Waals surface area (Å²) in [7, 11) is 3.52. The second-order valence-corrected chi connectivity index (χ2v) is 1.07. The van der Waals surface area contributed by atoms with E-state index in [1.54, 1.807) is 14.1 Å². The third kappa shape index (κ3) is 4.94. The van der Waals surface area contributed by atoms with Gasteiger partial charge in [0.1, 0.15) is 12.7 Å². The van der Waals surface area contributed by atoms with Gasteiger partial charge in [-0.3, -0.25) is 0 Å². The van der Waals surface area contributed by atoms with Gasteiger partial charge < -0.3 is 10.6 Å². The zero-order valence-electron chi connectivity index (χ0n) is 5.05. The van der Waals surface area contributed by atoms with Crippen LogP contribution in [0.3, 0.4) is 0 Å². The summed E-state index contributed by atoms with van der Waals surface area (Å²) in [5, 5.41) is 12.5. The van der Waals surface area contributed by atoms with Crippen molar-refractivity contribution < 1.29 is 0 Å². The van der Waals surface area contributed by atoms with Crippen LogP contribution < -0.4 is 10.6 Å². The number of hydrogen-bond donors (Lipinski definition) is 2. The molecule has 0 aliphatic carbocycles. The standard InChI is InChI=1S/C4H10N4/c1-5-3-7-8-4-6-2/h3-4H,1-2H3,(H,5,7)(H,6,8). The molecular weight excluding hydrogens is 104 g/mol. The molecule has 0 amide bonds. The smallest absolute Gasteiger partial charge is 0.111 e. The fraction of sp³-hybridized carbons (Fsp3) is 0.500. The summed E-state index contributed by atoms with van der Waals surface area (Å²) in [4.78, 5) is 0. The van der Waals surface area contributed by atoms with Gasteiger partial charge in [0.2, 0.25) is 0 Å². The fourth-order valence-electron chi connectivity index (χ4n) is 0.182. The molecule has 0 aromatic carbocycles. The van der Waals surface area contributed by atoms with Crippen LogP contribution in [0.5, 0.6) is 0 Å². The second kappa shape index (κ2) is 5.94. The maximum Gasteiger partial charge on any atom is 0.111 e. The molecule has 0 saturated heterocycles. The summed E-state index contributed by atoms with van der Waals surface area (Å²) in [6.45, 7) is 0. The first-order valence-corrected chi connectivity index (χ1v) is 2.29. The molecule has 0 bridgehead atoms. The zero-order chi connectivity index (χ0) is 6.24. The Morgan fingerprint density at radius 2 is 1.38 bits per heavy atom. The SMILES string of the molecule is CNC=NN=CNC. The summed E-state index contributed by atoms with van der Waals surface area (Å²) < 4.78 is 0. The molecule has 0 aromatic rings. The van der Waals surface area contributed by atoms with Crippen molar-refractivity contribution >= 4 is 12.7 Å². The predicted octanol–water partition coefficient (Wildman–Crippen LogP) is -0.603. The average Bonchev–Trinajstić information content (AvgIpc) is 1.81. The molecule has 4 nitrogen and oxygen atoms in total. The number of rotatable bonds is 3. The quantitative estimate of drug-likeness (QED) is 0.292. The monoisotopic (exact) mass is 114 g/mol. The van der Waals surface area contributed by atoms with E-state index in [0.717, 1.165) is 0 Å². The molecule has 0 unspecified atom stereocenters. The van der Waals surface area contributed by atoms with E-state index in [4.69, 9.17) is 0 Å². The van der Waals surface area contributed by atoms with E-state index in [1.807, 2.05) is 0 Å². The van der Waals surface area contributed by atoms with Gasteiger partial charge in [0, 0.05) is 14.1 Å². The Morgan fingerprint density at radius 3 is 1.62 bits per heavy atom. The van der Waals surface area contributed by atoms with Crippen molar-refractivity contribution in [1.82, 2.24) is 10.6 Å². The average molecular weight is 114 g/mol. The van der Waals surface area contributed by atoms with Crippen LogP contribution in [0.2, 0.25) is 0 Å². The van der Waals surface area contributed by atoms with E-state index >= 15 is 0 Å². The van der Waals surface area contributed by atoms with E-state index in [-0.39, 0.29) is 0 Å². The van der Waals surface area contributed by atoms with Gasteiger partial charge in [-0.15, -0.1) is 10.2 Å². The molecule has 0 spiro atoms. The minimum Gasteiger partial charge on any atom is -0.378 e. The summed E-state index contributed by atoms with van der Waals surface area (Å²) in [5.74, 6) is 0. The normalized spacial score (nSPS) is 10.8. The molecule has 0 atom stereocenters. The molecule has 0 radical (unpaired) electrons. The Labute approximate surface area is 48.7 Å². The van der Waals surface area contributed by atoms with Gasteiger partial charge in [0.05, 0.1) is 0 Å². The van der Waals surface area contributed by atoms with E-state index in [1.165, 1.54) is 12.7 Å². The molecular formula is C4H10N4. The highest BCUT2D eigenvalue weighted by Crippen LogP contribution is 1.58. The molecule has 0 rings (SSSR count). The highest BCUT2D eigenvalue weighted by atomic mass is 15.2. The summed E-state index contributed by atoms with van der Waals surface area (Å²) in [6, 6.07) is 0. The Hall–Kier alpha value is -1.06. The van der Waals surface area contributed by atoms with Gasteiger partial charge in [0.15, 0.2) is 0 Å². The van der Waals surface area contributed by atoms with Crippen molar-refractivity contribution in [1.29, 1.82) is 0 Å². The maximum absolute atomic E-state index is 3.55. The van der Waals surface area contributed by atoms with Crippen LogP contribution >= 0.6 is 0 Å². The lowest BCUT2D eigenvalue weighted by Gasteiger charge is -1.80. The van der Waals surface area contributed by atoms with E-state index < -0.39 is 0 Å². The van der Waals surface area contributed by atoms with Gasteiger partial charge in [0.25, 0.3) is 0 Å². The Bertz CT molecular complexity index is 74.0. The van der Waals surface area contributed by atoms with Crippen molar-refractivity contribution in [2.24, 2.45) is 10.2 Å². The minimum absolute atomic E-state index is 1.49. The largest absolute Gasteiger partial charge is 0.378 e. The predicted molar refractivity (Wildman–Crippen MR) is 35.1 cm³/mol. The van der Waals surface area contributed by atoms with Gasteiger partial charge >= 0.3 is 0 Å². The lowest BCUT2D eigenvalue weighted by Crippen LogP contribution is -2.02. The van der Waals surface area contributed by atoms with E-state index in [2.05, 4.69) is 20.8 Å². The molecule has 0 aromatic heterocycles. The highest BCUT2D eigenvalue weighted by molar-refractivity contribution is 5.57. The van der Waals surface area contributed by atoms with Gasteiger partial charge in [-0.2, -0.15) is 0 Å². The molecule has 0 heterocycles. The molecule has 0 aliphatic heterocycles. The maximum atomic E-state index is 3.55. The van der Waals surface area contributed by atoms with Crippen molar-refractivity contribution in [2.45, 2.75) is 0 Å². The van der Waals surface area contributed by atoms with Crippen molar-refractivity contribution in [2.75, 3.05) is 14.1 Å². The zero-order valence-corrected chi connectivity index (χ0v) is 5.05. The Balaban J connectivity index is 3.13. The molecule has 46 valence electrons. The second-order valence-electron chi connectivity index (χ2n) is 1.07. The Morgan fingerprint density at radius 1 is 1.00 bits per heavy atom. The third-order valence-corrected chi connectivity index (χ3v) is 0.440. The number of nitrogens with one attached hydrogen (secondary N) is 2. The van der Waals surface area contributed by atoms with Crippen molar-refractivity contribution in [3.63, 3.8) is 0 Å². The van der Waals surface area contributed by atoms with Crippen LogP contribution in [-0.4, -0.2) is 26.8 Å². The number of nitrogens with zero attached hydrogens (tertiary/aromatic N) is 2. The Kier molecular flexibility index (Phi) is 5.15. The summed E-state index contributed by atoms with van der Waals surface area (Å²) >= 11 is 0. The first kappa shape index (κ1) is 6.94. The van der Waals surface area contributed by atoms with Crippen LogP contribution in [0.15, 0.2) is 10.2 Å². The molecule has 8 heavy (non-hydrogen) atoms. The van der Waals surface area contributed by atoms with E-state index in [0.29, 0.717) is 0 Å². The van der Waals surface area contributed by atoms with Crippen LogP contribution in [0, 0.1) is 0 Å². The summed E-state index contributed by atoms with van der Waals surface area (Å²) in [5.41, 5.74) is 0. The third-order valence-electron chi connectivity index (χ3n) is 0.440. The van der Waals surface area contributed by atoms with Gasteiger partial charge in [-0.25, -0.2) is 0 Å². The van der Waals surface area contributed by atoms with Crippen molar-refractivity contribution in [3.05, 3.63) is 0 Å². The highest BCUT2D eigenvalue weighted by Gasteiger charge is 1.58. The van der Waals surface area contributed by atoms with Gasteiger partial charge in [-0.05, 0) is 0 Å². The lowest BCUT2D eigenvalue weighted by atomic mass is 11.2. The van der Waals surface area contributed by atoms with Gasteiger partial charge in [-0.1, -0.05) is 0 Å². The molecule has 0 aliphatic rings. The topological polar surface area (TPSA) is 48.8 Å². The van der Waals surface area contributed by atoms with Crippen LogP contribution in [0.25, 0.3) is 0 Å². The minimum atomic E-state index is 1.49. The van der Waals surface area contributed by atoms with Crippen molar-refractivity contribution in [3.8, 4) is 0 Å². The van der Waals surface area contributed by atoms with Crippen LogP contribution in [0.1, 0.15) is 0 Å². The number of hydrogen-bond acceptors (Lipinski definition) is 2. The van der Waals surface area contributed by atoms with E-state index in [9.17, 15) is 0 Å². The van der Waals surface area contributed by atoms with Crippen LogP contribution in [-0.2, 0) is 0 Å². The first-order valence-electron chi connectivity index (χ1n) is 2.29. The molecule has 4 heteroatoms. The summed E-state index contributed by atoms with van der Waals surface area (Å²) in [6.07, 6.45) is 2.99. The molecule has 0 saturated carbocycles. The molecule has 0 fully saturated rings.